The molecule has 0 atom stereocenters. The monoisotopic (exact) mass is 276 g/mol. The van der Waals surface area contributed by atoms with Crippen LogP contribution < -0.4 is 74.0 Å². The summed E-state index contributed by atoms with van der Waals surface area (Å²) < 4.78 is 0. The van der Waals surface area contributed by atoms with Crippen LogP contribution in [-0.4, -0.2) is 5.97 Å². The van der Waals surface area contributed by atoms with Gasteiger partial charge in [0.15, 0.2) is 0 Å². The fourth-order valence-corrected chi connectivity index (χ4v) is 0.680. The van der Waals surface area contributed by atoms with Gasteiger partial charge in [0, 0.05) is 5.97 Å². The summed E-state index contributed by atoms with van der Waals surface area (Å²) in [6.07, 6.45) is 0. The van der Waals surface area contributed by atoms with E-state index in [1.807, 2.05) is 22.9 Å². The maximum absolute atomic E-state index is 8.89. The van der Waals surface area contributed by atoms with Crippen LogP contribution in [0.5, 0.6) is 0 Å². The summed E-state index contributed by atoms with van der Waals surface area (Å²) >= 11 is 1.71. The van der Waals surface area contributed by atoms with Gasteiger partial charge in [-0.3, -0.25) is 0 Å². The molecular weight excluding hydrogens is 269 g/mol. The first-order chi connectivity index (χ1) is 4.23. The molecule has 1 heterocycles. The molecule has 0 aliphatic carbocycles. The van der Waals surface area contributed by atoms with Crippen LogP contribution in [0.3, 0.4) is 0 Å². The largest absolute Gasteiger partial charge is 1.00 e. The van der Waals surface area contributed by atoms with Gasteiger partial charge in [0.25, 0.3) is 0 Å². The van der Waals surface area contributed by atoms with Crippen molar-refractivity contribution in [1.29, 1.82) is 0 Å². The van der Waals surface area contributed by atoms with E-state index in [2.05, 4.69) is 0 Å². The maximum atomic E-state index is 8.89. The van der Waals surface area contributed by atoms with Crippen molar-refractivity contribution in [2.45, 2.75) is 6.92 Å². The standard InChI is InChI=1S/C4H4S.C2H4O2.Cs/c1-2-4-5-3-1;1-2(3)4;/h1-4H;1H3,(H,3,4);/q;;+1/p-1. The molecule has 0 spiro atoms. The molecule has 1 aromatic heterocycles. The molecule has 0 unspecified atom stereocenters. The molecule has 50 valence electrons. The van der Waals surface area contributed by atoms with E-state index in [0.29, 0.717) is 0 Å². The van der Waals surface area contributed by atoms with E-state index in [9.17, 15) is 0 Å². The molecule has 4 heteroatoms. The molecule has 0 saturated carbocycles. The number of rotatable bonds is 0. The van der Waals surface area contributed by atoms with Gasteiger partial charge < -0.3 is 9.90 Å². The van der Waals surface area contributed by atoms with Gasteiger partial charge in [-0.25, -0.2) is 0 Å². The molecule has 0 saturated heterocycles. The van der Waals surface area contributed by atoms with Crippen LogP contribution in [0.4, 0.5) is 0 Å². The fraction of sp³-hybridized carbons (Fsp3) is 0.167. The number of carbonyl (C=O) groups excluding carboxylic acids is 1. The van der Waals surface area contributed by atoms with Crippen LogP contribution in [0.2, 0.25) is 0 Å². The van der Waals surface area contributed by atoms with Crippen molar-refractivity contribution in [3.8, 4) is 0 Å². The maximum Gasteiger partial charge on any atom is 1.00 e. The van der Waals surface area contributed by atoms with Crippen LogP contribution in [0.25, 0.3) is 0 Å². The molecule has 1 aromatic rings. The van der Waals surface area contributed by atoms with Gasteiger partial charge in [-0.1, -0.05) is 12.1 Å². The predicted octanol–water partition coefficient (Wildman–Crippen LogP) is -2.49. The number of thiophene rings is 1. The van der Waals surface area contributed by atoms with E-state index in [1.165, 1.54) is 0 Å². The van der Waals surface area contributed by atoms with Crippen molar-refractivity contribution in [3.05, 3.63) is 22.9 Å². The Morgan fingerprint density at radius 2 is 1.70 bits per heavy atom. The molecule has 0 aromatic carbocycles. The van der Waals surface area contributed by atoms with Crippen molar-refractivity contribution >= 4 is 17.3 Å². The van der Waals surface area contributed by atoms with Gasteiger partial charge in [-0.05, 0) is 17.7 Å². The van der Waals surface area contributed by atoms with Crippen molar-refractivity contribution < 1.29 is 78.8 Å². The molecule has 0 N–H and O–H groups in total. The summed E-state index contributed by atoms with van der Waals surface area (Å²) in [5.41, 5.74) is 0. The third kappa shape index (κ3) is 16.1. The molecule has 2 nitrogen and oxygen atoms in total. The molecular formula is C6H7CsO2S. The Morgan fingerprint density at radius 3 is 1.80 bits per heavy atom. The second-order valence-corrected chi connectivity index (χ2v) is 2.10. The Hall–Kier alpha value is 1.22. The van der Waals surface area contributed by atoms with Gasteiger partial charge in [0.2, 0.25) is 0 Å². The van der Waals surface area contributed by atoms with E-state index in [0.717, 1.165) is 6.92 Å². The van der Waals surface area contributed by atoms with E-state index in [4.69, 9.17) is 9.90 Å². The Balaban J connectivity index is 0. The Bertz CT molecular complexity index is 130. The molecule has 0 fully saturated rings. The van der Waals surface area contributed by atoms with Crippen LogP contribution in [-0.2, 0) is 4.79 Å². The summed E-state index contributed by atoms with van der Waals surface area (Å²) in [4.78, 5) is 8.89. The zero-order chi connectivity index (χ0) is 7.11. The minimum atomic E-state index is -1.08. The third-order valence-electron chi connectivity index (χ3n) is 0.425. The zero-order valence-corrected chi connectivity index (χ0v) is 13.1. The zero-order valence-electron chi connectivity index (χ0n) is 6.03. The summed E-state index contributed by atoms with van der Waals surface area (Å²) in [6, 6.07) is 4.04. The first kappa shape index (κ1) is 13.8. The summed E-state index contributed by atoms with van der Waals surface area (Å²) in [6.45, 7) is 0.972. The molecule has 0 radical (unpaired) electrons. The van der Waals surface area contributed by atoms with E-state index in [-0.39, 0.29) is 68.9 Å². The number of hydrogen-bond acceptors (Lipinski definition) is 3. The van der Waals surface area contributed by atoms with Crippen molar-refractivity contribution in [1.82, 2.24) is 0 Å². The summed E-state index contributed by atoms with van der Waals surface area (Å²) in [5, 5.41) is 13.0. The molecule has 0 bridgehead atoms. The molecule has 1 rings (SSSR count). The summed E-state index contributed by atoms with van der Waals surface area (Å²) in [5.74, 6) is -1.08. The Labute approximate surface area is 123 Å². The average molecular weight is 276 g/mol. The van der Waals surface area contributed by atoms with E-state index in [1.54, 1.807) is 11.3 Å². The van der Waals surface area contributed by atoms with Gasteiger partial charge in [-0.15, -0.1) is 0 Å². The molecule has 0 aliphatic rings. The van der Waals surface area contributed by atoms with Crippen LogP contribution >= 0.6 is 11.3 Å². The smallest absolute Gasteiger partial charge is 0.550 e. The first-order valence-electron chi connectivity index (χ1n) is 2.38. The van der Waals surface area contributed by atoms with Gasteiger partial charge in [0.05, 0.1) is 0 Å². The van der Waals surface area contributed by atoms with Crippen molar-refractivity contribution in [2.75, 3.05) is 0 Å². The second kappa shape index (κ2) is 10.2. The molecule has 0 amide bonds. The predicted molar refractivity (Wildman–Crippen MR) is 35.0 cm³/mol. The summed E-state index contributed by atoms with van der Waals surface area (Å²) in [7, 11) is 0. The quantitative estimate of drug-likeness (QED) is 0.526. The number of aliphatic carboxylic acids is 1. The van der Waals surface area contributed by atoms with Crippen LogP contribution in [0.1, 0.15) is 6.92 Å². The second-order valence-electron chi connectivity index (χ2n) is 1.28. The Kier molecular flexibility index (Phi) is 14.1. The SMILES string of the molecule is CC(=O)[O-].[Cs+].c1ccsc1. The van der Waals surface area contributed by atoms with E-state index < -0.39 is 5.97 Å². The Morgan fingerprint density at radius 1 is 1.40 bits per heavy atom. The van der Waals surface area contributed by atoms with E-state index >= 15 is 0 Å². The topological polar surface area (TPSA) is 40.1 Å². The number of carboxylic acid groups (broad SMARTS) is 1. The molecule has 10 heavy (non-hydrogen) atoms. The number of hydrogen-bond donors (Lipinski definition) is 0. The average Bonchev–Trinajstić information content (AvgIpc) is 2.11. The minimum Gasteiger partial charge on any atom is -0.550 e. The van der Waals surface area contributed by atoms with Gasteiger partial charge in [0.1, 0.15) is 0 Å². The van der Waals surface area contributed by atoms with Crippen molar-refractivity contribution in [3.63, 3.8) is 0 Å². The molecule has 0 aliphatic heterocycles. The van der Waals surface area contributed by atoms with Crippen LogP contribution in [0.15, 0.2) is 22.9 Å². The number of carboxylic acids is 1. The third-order valence-corrected chi connectivity index (χ3v) is 1.05. The normalized spacial score (nSPS) is 6.50. The first-order valence-corrected chi connectivity index (χ1v) is 3.32. The van der Waals surface area contributed by atoms with Crippen LogP contribution in [0, 0.1) is 0 Å². The van der Waals surface area contributed by atoms with Gasteiger partial charge >= 0.3 is 68.9 Å². The minimum absolute atomic E-state index is 0. The number of carbonyl (C=O) groups is 1. The fourth-order valence-electron chi connectivity index (χ4n) is 0.227. The van der Waals surface area contributed by atoms with Crippen molar-refractivity contribution in [2.24, 2.45) is 0 Å². The van der Waals surface area contributed by atoms with Gasteiger partial charge in [-0.2, -0.15) is 11.3 Å².